The first kappa shape index (κ1) is 22.1. The number of amides is 1. The van der Waals surface area contributed by atoms with Gasteiger partial charge in [0.15, 0.2) is 0 Å². The van der Waals surface area contributed by atoms with Gasteiger partial charge in [-0.25, -0.2) is 5.43 Å². The van der Waals surface area contributed by atoms with Crippen LogP contribution in [-0.4, -0.2) is 18.7 Å². The molecule has 0 radical (unpaired) electrons. The summed E-state index contributed by atoms with van der Waals surface area (Å²) in [6.07, 6.45) is 1.58. The van der Waals surface area contributed by atoms with E-state index < -0.39 is 0 Å². The number of carbonyl (C=O) groups excluding carboxylic acids is 1. The zero-order valence-electron chi connectivity index (χ0n) is 16.4. The van der Waals surface area contributed by atoms with Crippen molar-refractivity contribution < 1.29 is 9.53 Å². The summed E-state index contributed by atoms with van der Waals surface area (Å²) >= 11 is 7.01. The van der Waals surface area contributed by atoms with Gasteiger partial charge >= 0.3 is 0 Å². The maximum absolute atomic E-state index is 12.1. The number of aryl methyl sites for hydroxylation is 1. The van der Waals surface area contributed by atoms with Crippen LogP contribution >= 0.6 is 31.9 Å². The number of hydrogen-bond donors (Lipinski definition) is 2. The van der Waals surface area contributed by atoms with Crippen LogP contribution in [0, 0.1) is 6.92 Å². The Hall–Kier alpha value is -2.64. The summed E-state index contributed by atoms with van der Waals surface area (Å²) in [5.41, 5.74) is 6.33. The predicted molar refractivity (Wildman–Crippen MR) is 128 cm³/mol. The second kappa shape index (κ2) is 10.9. The van der Waals surface area contributed by atoms with Gasteiger partial charge in [-0.15, -0.1) is 0 Å². The maximum Gasteiger partial charge on any atom is 0.259 e. The molecule has 0 heterocycles. The highest BCUT2D eigenvalue weighted by Gasteiger charge is 2.08. The lowest BCUT2D eigenvalue weighted by Gasteiger charge is -2.11. The van der Waals surface area contributed by atoms with Gasteiger partial charge in [-0.1, -0.05) is 42.5 Å². The molecule has 0 unspecified atom stereocenters. The van der Waals surface area contributed by atoms with Crippen LogP contribution in [0.15, 0.2) is 80.8 Å². The van der Waals surface area contributed by atoms with Crippen molar-refractivity contribution in [1.82, 2.24) is 5.43 Å². The monoisotopic (exact) mass is 529 g/mol. The van der Waals surface area contributed by atoms with E-state index >= 15 is 0 Å². The summed E-state index contributed by atoms with van der Waals surface area (Å²) in [5.74, 6) is 0.443. The summed E-state index contributed by atoms with van der Waals surface area (Å²) in [7, 11) is 0. The second-order valence-corrected chi connectivity index (χ2v) is 8.27. The van der Waals surface area contributed by atoms with Gasteiger partial charge in [-0.3, -0.25) is 4.79 Å². The summed E-state index contributed by atoms with van der Waals surface area (Å²) in [6, 6.07) is 21.5. The number of nitrogens with one attached hydrogen (secondary N) is 2. The minimum atomic E-state index is -0.256. The largest absolute Gasteiger partial charge is 0.488 e. The molecule has 0 aliphatic carbocycles. The topological polar surface area (TPSA) is 62.7 Å². The molecule has 0 aromatic heterocycles. The average Bonchev–Trinajstić information content (AvgIpc) is 2.73. The molecule has 5 nitrogen and oxygen atoms in total. The van der Waals surface area contributed by atoms with E-state index in [0.717, 1.165) is 31.3 Å². The van der Waals surface area contributed by atoms with E-state index in [9.17, 15) is 4.79 Å². The van der Waals surface area contributed by atoms with Crippen LogP contribution < -0.4 is 15.5 Å². The van der Waals surface area contributed by atoms with Crippen LogP contribution in [0.25, 0.3) is 0 Å². The average molecular weight is 531 g/mol. The van der Waals surface area contributed by atoms with Gasteiger partial charge in [0.2, 0.25) is 0 Å². The first-order valence-corrected chi connectivity index (χ1v) is 10.9. The zero-order chi connectivity index (χ0) is 21.3. The Morgan fingerprint density at radius 3 is 2.43 bits per heavy atom. The third-order valence-electron chi connectivity index (χ3n) is 4.16. The molecule has 0 saturated carbocycles. The quantitative estimate of drug-likeness (QED) is 0.292. The van der Waals surface area contributed by atoms with Gasteiger partial charge in [0, 0.05) is 14.5 Å². The molecule has 1 amide bonds. The number of hydrogen-bond acceptors (Lipinski definition) is 4. The molecule has 0 aliphatic heterocycles. The highest BCUT2D eigenvalue weighted by Crippen LogP contribution is 2.32. The number of ether oxygens (including phenoxy) is 1. The van der Waals surface area contributed by atoms with E-state index in [1.165, 1.54) is 0 Å². The number of para-hydroxylation sites is 1. The third-order valence-corrected chi connectivity index (χ3v) is 5.41. The van der Waals surface area contributed by atoms with Gasteiger partial charge in [-0.2, -0.15) is 5.10 Å². The minimum absolute atomic E-state index is 0.0871. The molecule has 2 N–H and O–H groups in total. The van der Waals surface area contributed by atoms with Crippen LogP contribution in [0.3, 0.4) is 0 Å². The normalized spacial score (nSPS) is 10.8. The fourth-order valence-corrected chi connectivity index (χ4v) is 4.40. The summed E-state index contributed by atoms with van der Waals surface area (Å²) < 4.78 is 7.66. The Morgan fingerprint density at radius 1 is 1.03 bits per heavy atom. The molecule has 3 aromatic carbocycles. The third kappa shape index (κ3) is 6.43. The molecular weight excluding hydrogens is 510 g/mol. The molecule has 3 aromatic rings. The van der Waals surface area contributed by atoms with Crippen molar-refractivity contribution in [2.75, 3.05) is 11.9 Å². The van der Waals surface area contributed by atoms with Gasteiger partial charge < -0.3 is 10.1 Å². The Balaban J connectivity index is 1.54. The van der Waals surface area contributed by atoms with Crippen LogP contribution in [0.2, 0.25) is 0 Å². The van der Waals surface area contributed by atoms with E-state index in [0.29, 0.717) is 12.4 Å². The van der Waals surface area contributed by atoms with E-state index in [-0.39, 0.29) is 12.5 Å². The molecule has 154 valence electrons. The molecule has 0 aliphatic rings. The molecule has 3 rings (SSSR count). The van der Waals surface area contributed by atoms with Crippen LogP contribution in [0.4, 0.5) is 5.69 Å². The molecular formula is C23H21Br2N3O2. The van der Waals surface area contributed by atoms with Gasteiger partial charge in [0.1, 0.15) is 12.4 Å². The summed E-state index contributed by atoms with van der Waals surface area (Å²) in [5, 5.41) is 7.16. The van der Waals surface area contributed by atoms with E-state index in [4.69, 9.17) is 4.74 Å². The molecule has 0 spiro atoms. The lowest BCUT2D eigenvalue weighted by atomic mass is 10.2. The Bertz CT molecular complexity index is 1020. The maximum atomic E-state index is 12.1. The van der Waals surface area contributed by atoms with Crippen molar-refractivity contribution in [3.63, 3.8) is 0 Å². The standard InChI is InChI=1S/C23H21Br2N3O2/c1-16-11-19(24)23(20(25)12-16)26-14-22(29)28-27-13-18-9-5-6-10-21(18)30-15-17-7-3-2-4-8-17/h2-13,26H,14-15H2,1H3,(H,28,29)/b27-13+. The minimum Gasteiger partial charge on any atom is -0.488 e. The number of nitrogens with zero attached hydrogens (tertiary/aromatic N) is 1. The molecule has 0 saturated heterocycles. The van der Waals surface area contributed by atoms with E-state index in [1.807, 2.05) is 73.7 Å². The van der Waals surface area contributed by atoms with E-state index in [1.54, 1.807) is 6.21 Å². The first-order valence-electron chi connectivity index (χ1n) is 9.30. The van der Waals surface area contributed by atoms with Gasteiger partial charge in [0.05, 0.1) is 18.4 Å². The second-order valence-electron chi connectivity index (χ2n) is 6.56. The van der Waals surface area contributed by atoms with Crippen LogP contribution in [-0.2, 0) is 11.4 Å². The molecule has 0 fully saturated rings. The summed E-state index contributed by atoms with van der Waals surface area (Å²) in [6.45, 7) is 2.55. The van der Waals surface area contributed by atoms with Crippen molar-refractivity contribution in [2.45, 2.75) is 13.5 Å². The Kier molecular flexibility index (Phi) is 8.04. The van der Waals surface area contributed by atoms with Crippen LogP contribution in [0.5, 0.6) is 5.75 Å². The first-order chi connectivity index (χ1) is 14.5. The molecule has 0 atom stereocenters. The highest BCUT2D eigenvalue weighted by molar-refractivity contribution is 9.11. The van der Waals surface area contributed by atoms with Crippen molar-refractivity contribution in [3.8, 4) is 5.75 Å². The molecule has 0 bridgehead atoms. The number of anilines is 1. The van der Waals surface area contributed by atoms with E-state index in [2.05, 4.69) is 47.7 Å². The van der Waals surface area contributed by atoms with Crippen LogP contribution in [0.1, 0.15) is 16.7 Å². The lowest BCUT2D eigenvalue weighted by molar-refractivity contribution is -0.119. The summed E-state index contributed by atoms with van der Waals surface area (Å²) in [4.78, 5) is 12.1. The van der Waals surface area contributed by atoms with Crippen molar-refractivity contribution in [2.24, 2.45) is 5.10 Å². The fourth-order valence-electron chi connectivity index (χ4n) is 2.70. The van der Waals surface area contributed by atoms with Gasteiger partial charge in [-0.05, 0) is 74.2 Å². The molecule has 30 heavy (non-hydrogen) atoms. The Labute approximate surface area is 192 Å². The van der Waals surface area contributed by atoms with Gasteiger partial charge in [0.25, 0.3) is 5.91 Å². The number of halogens is 2. The van der Waals surface area contributed by atoms with Crippen molar-refractivity contribution >= 4 is 49.7 Å². The zero-order valence-corrected chi connectivity index (χ0v) is 19.5. The number of rotatable bonds is 8. The smallest absolute Gasteiger partial charge is 0.259 e. The number of carbonyl (C=O) groups is 1. The predicted octanol–water partition coefficient (Wildman–Crippen LogP) is 5.66. The number of benzene rings is 3. The fraction of sp³-hybridized carbons (Fsp3) is 0.130. The SMILES string of the molecule is Cc1cc(Br)c(NCC(=O)N/N=C/c2ccccc2OCc2ccccc2)c(Br)c1. The van der Waals surface area contributed by atoms with Crippen molar-refractivity contribution in [1.29, 1.82) is 0 Å². The molecule has 7 heteroatoms. The highest BCUT2D eigenvalue weighted by atomic mass is 79.9. The Morgan fingerprint density at radius 2 is 1.70 bits per heavy atom. The number of hydrazone groups is 1. The lowest BCUT2D eigenvalue weighted by Crippen LogP contribution is -2.26. The van der Waals surface area contributed by atoms with Crippen molar-refractivity contribution in [3.05, 3.63) is 92.4 Å².